The Hall–Kier alpha value is -1.06. The minimum Gasteiger partial charge on any atom is -0.496 e. The highest BCUT2D eigenvalue weighted by atomic mass is 16.5. The lowest BCUT2D eigenvalue weighted by molar-refractivity contribution is -0.158. The summed E-state index contributed by atoms with van der Waals surface area (Å²) in [7, 11) is 1.67. The van der Waals surface area contributed by atoms with Crippen LogP contribution in [0.1, 0.15) is 30.5 Å². The summed E-state index contributed by atoms with van der Waals surface area (Å²) in [6.07, 6.45) is 0. The zero-order chi connectivity index (χ0) is 13.6. The van der Waals surface area contributed by atoms with Crippen molar-refractivity contribution in [1.82, 2.24) is 0 Å². The third kappa shape index (κ3) is 1.82. The van der Waals surface area contributed by atoms with E-state index in [9.17, 15) is 5.11 Å². The molecule has 0 amide bonds. The number of rotatable bonds is 3. The zero-order valence-electron chi connectivity index (χ0n) is 11.8. The van der Waals surface area contributed by atoms with E-state index in [0.29, 0.717) is 13.2 Å². The molecule has 0 saturated carbocycles. The Morgan fingerprint density at radius 1 is 1.22 bits per heavy atom. The molecule has 0 unspecified atom stereocenters. The van der Waals surface area contributed by atoms with E-state index in [2.05, 4.69) is 19.9 Å². The van der Waals surface area contributed by atoms with Crippen molar-refractivity contribution in [2.45, 2.75) is 38.7 Å². The van der Waals surface area contributed by atoms with Crippen LogP contribution in [-0.4, -0.2) is 31.0 Å². The molecule has 3 heteroatoms. The molecule has 1 N–H and O–H groups in total. The number of methoxy groups -OCH3 is 1. The fourth-order valence-corrected chi connectivity index (χ4v) is 2.48. The van der Waals surface area contributed by atoms with Gasteiger partial charge in [-0.25, -0.2) is 0 Å². The molecule has 0 aromatic heterocycles. The molecule has 2 rings (SSSR count). The maximum Gasteiger partial charge on any atom is 0.123 e. The molecule has 0 spiro atoms. The van der Waals surface area contributed by atoms with Crippen LogP contribution in [0.5, 0.6) is 5.75 Å². The molecule has 0 aliphatic carbocycles. The van der Waals surface area contributed by atoms with Crippen molar-refractivity contribution in [1.29, 1.82) is 0 Å². The molecule has 3 nitrogen and oxygen atoms in total. The maximum absolute atomic E-state index is 10.5. The van der Waals surface area contributed by atoms with E-state index in [-0.39, 0.29) is 5.41 Å². The van der Waals surface area contributed by atoms with Crippen LogP contribution in [0.15, 0.2) is 12.1 Å². The summed E-state index contributed by atoms with van der Waals surface area (Å²) in [6, 6.07) is 4.16. The molecule has 18 heavy (non-hydrogen) atoms. The van der Waals surface area contributed by atoms with Gasteiger partial charge in [0.05, 0.1) is 31.3 Å². The first-order valence-corrected chi connectivity index (χ1v) is 6.28. The van der Waals surface area contributed by atoms with Gasteiger partial charge in [0, 0.05) is 5.56 Å². The van der Waals surface area contributed by atoms with Gasteiger partial charge in [0.1, 0.15) is 5.75 Å². The number of hydrogen-bond donors (Lipinski definition) is 1. The summed E-state index contributed by atoms with van der Waals surface area (Å²) in [4.78, 5) is 0. The lowest BCUT2D eigenvalue weighted by atomic mass is 9.66. The van der Waals surface area contributed by atoms with Crippen molar-refractivity contribution in [3.63, 3.8) is 0 Å². The number of hydrogen-bond acceptors (Lipinski definition) is 3. The van der Waals surface area contributed by atoms with Crippen LogP contribution in [0.3, 0.4) is 0 Å². The SMILES string of the molecule is COc1cc(C)c(C)cc1C1(C(C)(C)O)COC1. The smallest absolute Gasteiger partial charge is 0.123 e. The van der Waals surface area contributed by atoms with E-state index in [1.807, 2.05) is 19.9 Å². The highest BCUT2D eigenvalue weighted by Gasteiger charge is 2.53. The highest BCUT2D eigenvalue weighted by Crippen LogP contribution is 2.46. The predicted octanol–water partition coefficient (Wildman–Crippen LogP) is 2.35. The van der Waals surface area contributed by atoms with Crippen molar-refractivity contribution in [2.75, 3.05) is 20.3 Å². The van der Waals surface area contributed by atoms with Crippen molar-refractivity contribution in [2.24, 2.45) is 0 Å². The molecule has 1 aromatic carbocycles. The summed E-state index contributed by atoms with van der Waals surface area (Å²) < 4.78 is 10.9. The van der Waals surface area contributed by atoms with E-state index in [0.717, 1.165) is 11.3 Å². The first-order chi connectivity index (χ1) is 8.32. The van der Waals surface area contributed by atoms with Gasteiger partial charge in [0.15, 0.2) is 0 Å². The fraction of sp³-hybridized carbons (Fsp3) is 0.600. The molecule has 0 atom stereocenters. The Balaban J connectivity index is 2.59. The van der Waals surface area contributed by atoms with Crippen LogP contribution in [0, 0.1) is 13.8 Å². The Morgan fingerprint density at radius 2 is 1.78 bits per heavy atom. The normalized spacial score (nSPS) is 18.3. The molecule has 1 heterocycles. The van der Waals surface area contributed by atoms with Gasteiger partial charge in [-0.2, -0.15) is 0 Å². The van der Waals surface area contributed by atoms with E-state index in [1.54, 1.807) is 7.11 Å². The van der Waals surface area contributed by atoms with Crippen LogP contribution in [0.2, 0.25) is 0 Å². The third-order valence-electron chi connectivity index (χ3n) is 4.20. The molecule has 100 valence electrons. The second kappa shape index (κ2) is 4.25. The molecule has 1 aromatic rings. The van der Waals surface area contributed by atoms with Gasteiger partial charge in [-0.1, -0.05) is 6.07 Å². The Morgan fingerprint density at radius 3 is 2.17 bits per heavy atom. The minimum absolute atomic E-state index is 0.364. The topological polar surface area (TPSA) is 38.7 Å². The largest absolute Gasteiger partial charge is 0.496 e. The molecule has 0 bridgehead atoms. The lowest BCUT2D eigenvalue weighted by Crippen LogP contribution is -2.60. The number of ether oxygens (including phenoxy) is 2. The molecule has 1 aliphatic heterocycles. The average molecular weight is 250 g/mol. The van der Waals surface area contributed by atoms with Crippen molar-refractivity contribution in [3.05, 3.63) is 28.8 Å². The van der Waals surface area contributed by atoms with Crippen LogP contribution >= 0.6 is 0 Å². The van der Waals surface area contributed by atoms with E-state index < -0.39 is 5.60 Å². The van der Waals surface area contributed by atoms with Gasteiger partial charge >= 0.3 is 0 Å². The maximum atomic E-state index is 10.5. The summed E-state index contributed by atoms with van der Waals surface area (Å²) in [6.45, 7) is 8.89. The molecule has 1 saturated heterocycles. The molecular weight excluding hydrogens is 228 g/mol. The number of benzene rings is 1. The van der Waals surface area contributed by atoms with E-state index >= 15 is 0 Å². The van der Waals surface area contributed by atoms with Crippen LogP contribution in [-0.2, 0) is 10.2 Å². The molecular formula is C15H22O3. The van der Waals surface area contributed by atoms with Crippen molar-refractivity contribution in [3.8, 4) is 5.75 Å². The monoisotopic (exact) mass is 250 g/mol. The Kier molecular flexibility index (Phi) is 3.16. The van der Waals surface area contributed by atoms with Crippen molar-refractivity contribution >= 4 is 0 Å². The second-order valence-corrected chi connectivity index (χ2v) is 5.77. The first-order valence-electron chi connectivity index (χ1n) is 6.28. The van der Waals surface area contributed by atoms with Gasteiger partial charge in [0.2, 0.25) is 0 Å². The van der Waals surface area contributed by atoms with Crippen LogP contribution in [0.25, 0.3) is 0 Å². The van der Waals surface area contributed by atoms with Gasteiger partial charge < -0.3 is 14.6 Å². The van der Waals surface area contributed by atoms with Gasteiger partial charge in [0.25, 0.3) is 0 Å². The summed E-state index contributed by atoms with van der Waals surface area (Å²) in [5.41, 5.74) is 2.26. The summed E-state index contributed by atoms with van der Waals surface area (Å²) in [5, 5.41) is 10.5. The molecule has 1 fully saturated rings. The van der Waals surface area contributed by atoms with Crippen molar-refractivity contribution < 1.29 is 14.6 Å². The highest BCUT2D eigenvalue weighted by molar-refractivity contribution is 5.48. The van der Waals surface area contributed by atoms with Crippen LogP contribution in [0.4, 0.5) is 0 Å². The van der Waals surface area contributed by atoms with Gasteiger partial charge in [-0.15, -0.1) is 0 Å². The second-order valence-electron chi connectivity index (χ2n) is 5.77. The summed E-state index contributed by atoms with van der Waals surface area (Å²) >= 11 is 0. The fourth-order valence-electron chi connectivity index (χ4n) is 2.48. The lowest BCUT2D eigenvalue weighted by Gasteiger charge is -2.50. The number of aryl methyl sites for hydroxylation is 2. The zero-order valence-corrected chi connectivity index (χ0v) is 11.8. The third-order valence-corrected chi connectivity index (χ3v) is 4.20. The first kappa shape index (κ1) is 13.4. The van der Waals surface area contributed by atoms with E-state index in [4.69, 9.17) is 9.47 Å². The standard InChI is InChI=1S/C15H22O3/c1-10-6-12(13(17-5)7-11(10)2)15(8-18-9-15)14(3,4)16/h6-7,16H,8-9H2,1-5H3. The van der Waals surface area contributed by atoms with Crippen LogP contribution < -0.4 is 4.74 Å². The molecule has 0 radical (unpaired) electrons. The summed E-state index contributed by atoms with van der Waals surface area (Å²) in [5.74, 6) is 0.837. The quantitative estimate of drug-likeness (QED) is 0.895. The minimum atomic E-state index is -0.833. The molecule has 1 aliphatic rings. The number of aliphatic hydroxyl groups is 1. The van der Waals surface area contributed by atoms with E-state index in [1.165, 1.54) is 11.1 Å². The van der Waals surface area contributed by atoms with Gasteiger partial charge in [-0.3, -0.25) is 0 Å². The average Bonchev–Trinajstić information content (AvgIpc) is 2.19. The Bertz CT molecular complexity index is 454. The van der Waals surface area contributed by atoms with Gasteiger partial charge in [-0.05, 0) is 44.9 Å². The predicted molar refractivity (Wildman–Crippen MR) is 71.3 cm³/mol. The Labute approximate surface area is 109 Å².